The molecule has 0 bridgehead atoms. The van der Waals surface area contributed by atoms with E-state index in [9.17, 15) is 0 Å². The van der Waals surface area contributed by atoms with Gasteiger partial charge in [0, 0.05) is 5.02 Å². The zero-order valence-corrected chi connectivity index (χ0v) is 8.08. The molecule has 0 heterocycles. The summed E-state index contributed by atoms with van der Waals surface area (Å²) in [5.41, 5.74) is 2.10. The fourth-order valence-electron chi connectivity index (χ4n) is 0.789. The van der Waals surface area contributed by atoms with E-state index in [4.69, 9.17) is 21.5 Å². The van der Waals surface area contributed by atoms with Gasteiger partial charge in [-0.1, -0.05) is 11.6 Å². The first-order valence-corrected chi connectivity index (χ1v) is 4.38. The van der Waals surface area contributed by atoms with Crippen LogP contribution in [0.25, 0.3) is 0 Å². The van der Waals surface area contributed by atoms with E-state index in [1.165, 1.54) is 0 Å². The van der Waals surface area contributed by atoms with Gasteiger partial charge in [0.05, 0.1) is 6.04 Å². The third-order valence-electron chi connectivity index (χ3n) is 1.53. The van der Waals surface area contributed by atoms with E-state index < -0.39 is 0 Å². The summed E-state index contributed by atoms with van der Waals surface area (Å²) in [6.07, 6.45) is 0. The standard InChI is InChI=1S/C9H12ClNO2/c1-7(11-12)6-13-9-4-2-8(10)3-5-9/h2-5,7,11-12H,6H2,1H3. The quantitative estimate of drug-likeness (QED) is 0.733. The number of hydrogen-bond donors (Lipinski definition) is 2. The minimum absolute atomic E-state index is 0.0873. The first kappa shape index (κ1) is 10.3. The summed E-state index contributed by atoms with van der Waals surface area (Å²) in [5, 5.41) is 9.19. The molecule has 1 atom stereocenters. The van der Waals surface area contributed by atoms with Crippen LogP contribution < -0.4 is 10.2 Å². The molecule has 1 aromatic carbocycles. The lowest BCUT2D eigenvalue weighted by Crippen LogP contribution is -2.28. The number of rotatable bonds is 4. The lowest BCUT2D eigenvalue weighted by molar-refractivity contribution is 0.105. The third kappa shape index (κ3) is 3.63. The fraction of sp³-hybridized carbons (Fsp3) is 0.333. The Morgan fingerprint density at radius 3 is 2.62 bits per heavy atom. The Balaban J connectivity index is 2.41. The second kappa shape index (κ2) is 5.07. The van der Waals surface area contributed by atoms with Crippen LogP contribution >= 0.6 is 11.6 Å². The van der Waals surface area contributed by atoms with Crippen LogP contribution in [0.1, 0.15) is 6.92 Å². The van der Waals surface area contributed by atoms with Crippen LogP contribution in [0.3, 0.4) is 0 Å². The highest BCUT2D eigenvalue weighted by atomic mass is 35.5. The molecule has 0 saturated heterocycles. The highest BCUT2D eigenvalue weighted by molar-refractivity contribution is 6.30. The molecule has 0 spiro atoms. The maximum Gasteiger partial charge on any atom is 0.119 e. The van der Waals surface area contributed by atoms with Gasteiger partial charge in [0.1, 0.15) is 12.4 Å². The van der Waals surface area contributed by atoms with Gasteiger partial charge < -0.3 is 9.94 Å². The van der Waals surface area contributed by atoms with Crippen molar-refractivity contribution in [2.75, 3.05) is 6.61 Å². The van der Waals surface area contributed by atoms with Gasteiger partial charge in [0.15, 0.2) is 0 Å². The van der Waals surface area contributed by atoms with Crippen molar-refractivity contribution in [1.82, 2.24) is 5.48 Å². The Morgan fingerprint density at radius 2 is 2.08 bits per heavy atom. The fourth-order valence-corrected chi connectivity index (χ4v) is 0.915. The van der Waals surface area contributed by atoms with E-state index in [1.807, 2.05) is 6.92 Å². The largest absolute Gasteiger partial charge is 0.492 e. The van der Waals surface area contributed by atoms with Gasteiger partial charge in [-0.25, -0.2) is 0 Å². The lowest BCUT2D eigenvalue weighted by atomic mass is 10.3. The van der Waals surface area contributed by atoms with Gasteiger partial charge in [-0.2, -0.15) is 5.48 Å². The van der Waals surface area contributed by atoms with E-state index in [0.29, 0.717) is 11.6 Å². The monoisotopic (exact) mass is 201 g/mol. The van der Waals surface area contributed by atoms with E-state index in [2.05, 4.69) is 5.48 Å². The molecule has 0 aromatic heterocycles. The summed E-state index contributed by atoms with van der Waals surface area (Å²) in [7, 11) is 0. The second-order valence-corrected chi connectivity index (χ2v) is 3.23. The molecule has 2 N–H and O–H groups in total. The number of ether oxygens (including phenoxy) is 1. The number of hydrogen-bond acceptors (Lipinski definition) is 3. The van der Waals surface area contributed by atoms with Gasteiger partial charge in [0.25, 0.3) is 0 Å². The smallest absolute Gasteiger partial charge is 0.119 e. The predicted molar refractivity (Wildman–Crippen MR) is 51.3 cm³/mol. The van der Waals surface area contributed by atoms with E-state index in [1.54, 1.807) is 24.3 Å². The molecule has 1 rings (SSSR count). The molecule has 1 unspecified atom stereocenters. The van der Waals surface area contributed by atoms with E-state index in [-0.39, 0.29) is 6.04 Å². The molecule has 3 nitrogen and oxygen atoms in total. The predicted octanol–water partition coefficient (Wildman–Crippen LogP) is 2.09. The van der Waals surface area contributed by atoms with Crippen molar-refractivity contribution < 1.29 is 9.94 Å². The first-order valence-electron chi connectivity index (χ1n) is 4.00. The first-order chi connectivity index (χ1) is 6.22. The molecule has 0 fully saturated rings. The molecule has 0 aliphatic rings. The SMILES string of the molecule is CC(COc1ccc(Cl)cc1)NO. The summed E-state index contributed by atoms with van der Waals surface area (Å²) in [5.74, 6) is 0.742. The molecular formula is C9H12ClNO2. The van der Waals surface area contributed by atoms with Crippen LogP contribution in [0.15, 0.2) is 24.3 Å². The molecule has 0 saturated carbocycles. The van der Waals surface area contributed by atoms with Crippen LogP contribution in [-0.4, -0.2) is 17.9 Å². The number of hydroxylamine groups is 1. The Labute approximate surface area is 82.2 Å². The number of halogens is 1. The van der Waals surface area contributed by atoms with Crippen molar-refractivity contribution >= 4 is 11.6 Å². The highest BCUT2D eigenvalue weighted by Crippen LogP contribution is 2.15. The minimum Gasteiger partial charge on any atom is -0.492 e. The van der Waals surface area contributed by atoms with Crippen molar-refractivity contribution in [2.45, 2.75) is 13.0 Å². The van der Waals surface area contributed by atoms with E-state index >= 15 is 0 Å². The molecule has 0 radical (unpaired) electrons. The van der Waals surface area contributed by atoms with Gasteiger partial charge in [-0.3, -0.25) is 0 Å². The van der Waals surface area contributed by atoms with Crippen LogP contribution in [0.4, 0.5) is 0 Å². The summed E-state index contributed by atoms with van der Waals surface area (Å²) < 4.78 is 5.33. The maximum atomic E-state index is 8.51. The normalized spacial score (nSPS) is 12.5. The molecule has 0 aliphatic carbocycles. The molecule has 0 aliphatic heterocycles. The summed E-state index contributed by atoms with van der Waals surface area (Å²) in [4.78, 5) is 0. The van der Waals surface area contributed by atoms with Gasteiger partial charge >= 0.3 is 0 Å². The molecule has 0 amide bonds. The van der Waals surface area contributed by atoms with Crippen LogP contribution in [0, 0.1) is 0 Å². The van der Waals surface area contributed by atoms with Crippen molar-refractivity contribution in [3.8, 4) is 5.75 Å². The molecule has 4 heteroatoms. The van der Waals surface area contributed by atoms with Crippen LogP contribution in [-0.2, 0) is 0 Å². The molecule has 13 heavy (non-hydrogen) atoms. The average Bonchev–Trinajstić information content (AvgIpc) is 2.16. The lowest BCUT2D eigenvalue weighted by Gasteiger charge is -2.10. The Hall–Kier alpha value is -0.770. The van der Waals surface area contributed by atoms with Crippen LogP contribution in [0.5, 0.6) is 5.75 Å². The van der Waals surface area contributed by atoms with Crippen molar-refractivity contribution in [2.24, 2.45) is 0 Å². The zero-order chi connectivity index (χ0) is 9.68. The number of nitrogens with one attached hydrogen (secondary N) is 1. The molecule has 72 valence electrons. The average molecular weight is 202 g/mol. The van der Waals surface area contributed by atoms with Crippen LogP contribution in [0.2, 0.25) is 5.02 Å². The topological polar surface area (TPSA) is 41.5 Å². The maximum absolute atomic E-state index is 8.51. The molecular weight excluding hydrogens is 190 g/mol. The van der Waals surface area contributed by atoms with Crippen molar-refractivity contribution in [1.29, 1.82) is 0 Å². The van der Waals surface area contributed by atoms with Gasteiger partial charge in [-0.15, -0.1) is 0 Å². The van der Waals surface area contributed by atoms with Gasteiger partial charge in [-0.05, 0) is 31.2 Å². The van der Waals surface area contributed by atoms with Crippen molar-refractivity contribution in [3.63, 3.8) is 0 Å². The second-order valence-electron chi connectivity index (χ2n) is 2.80. The number of benzene rings is 1. The Morgan fingerprint density at radius 1 is 1.46 bits per heavy atom. The zero-order valence-electron chi connectivity index (χ0n) is 7.33. The third-order valence-corrected chi connectivity index (χ3v) is 1.79. The van der Waals surface area contributed by atoms with E-state index in [0.717, 1.165) is 5.75 Å². The minimum atomic E-state index is -0.0873. The summed E-state index contributed by atoms with van der Waals surface area (Å²) in [6, 6.07) is 7.00. The Kier molecular flexibility index (Phi) is 4.02. The van der Waals surface area contributed by atoms with Crippen molar-refractivity contribution in [3.05, 3.63) is 29.3 Å². The molecule has 1 aromatic rings. The summed E-state index contributed by atoms with van der Waals surface area (Å²) in [6.45, 7) is 2.23. The Bertz CT molecular complexity index is 250. The van der Waals surface area contributed by atoms with Gasteiger partial charge in [0.2, 0.25) is 0 Å². The highest BCUT2D eigenvalue weighted by Gasteiger charge is 1.99. The summed E-state index contributed by atoms with van der Waals surface area (Å²) >= 11 is 5.69.